The molecular formula is C26H35FN2O5S. The largest absolute Gasteiger partial charge is 0.390 e. The molecule has 35 heavy (non-hydrogen) atoms. The van der Waals surface area contributed by atoms with Crippen LogP contribution in [-0.4, -0.2) is 54.5 Å². The van der Waals surface area contributed by atoms with Crippen molar-refractivity contribution in [2.75, 3.05) is 24.7 Å². The summed E-state index contributed by atoms with van der Waals surface area (Å²) in [6.45, 7) is 5.05. The minimum absolute atomic E-state index is 0.119. The van der Waals surface area contributed by atoms with E-state index in [4.69, 9.17) is 0 Å². The third-order valence-electron chi connectivity index (χ3n) is 6.92. The van der Waals surface area contributed by atoms with Gasteiger partial charge >= 0.3 is 6.03 Å². The molecule has 0 bridgehead atoms. The van der Waals surface area contributed by atoms with Crippen LogP contribution in [-0.2, 0) is 9.84 Å². The number of nitrogens with zero attached hydrogens (tertiary/aromatic N) is 1. The Kier molecular flexibility index (Phi) is 8.56. The first kappa shape index (κ1) is 27.1. The van der Waals surface area contributed by atoms with Crippen LogP contribution in [0, 0.1) is 11.7 Å². The SMILES string of the molecule is CCC(CC)CC1(O)CCN(C(=O)Nc2cc(F)cc(C(O)c3ccc(S(C)(=O)=O)cc3)c2)CC1. The van der Waals surface area contributed by atoms with Crippen molar-refractivity contribution in [1.82, 2.24) is 4.90 Å². The Morgan fingerprint density at radius 3 is 2.23 bits per heavy atom. The van der Waals surface area contributed by atoms with Crippen molar-refractivity contribution in [3.05, 3.63) is 59.4 Å². The number of aliphatic hydroxyl groups is 2. The number of rotatable bonds is 8. The second-order valence-corrected chi connectivity index (χ2v) is 11.6. The molecule has 2 aromatic carbocycles. The van der Waals surface area contributed by atoms with E-state index in [0.717, 1.165) is 25.5 Å². The number of sulfone groups is 1. The highest BCUT2D eigenvalue weighted by Gasteiger charge is 2.35. The normalized spacial score (nSPS) is 16.8. The van der Waals surface area contributed by atoms with E-state index in [1.807, 2.05) is 0 Å². The van der Waals surface area contributed by atoms with E-state index in [1.54, 1.807) is 4.90 Å². The summed E-state index contributed by atoms with van der Waals surface area (Å²) in [5, 5.41) is 24.3. The molecule has 0 saturated carbocycles. The predicted molar refractivity (Wildman–Crippen MR) is 133 cm³/mol. The number of hydrogen-bond donors (Lipinski definition) is 3. The number of carbonyl (C=O) groups is 1. The van der Waals surface area contributed by atoms with E-state index < -0.39 is 33.4 Å². The smallest absolute Gasteiger partial charge is 0.321 e. The number of urea groups is 1. The van der Waals surface area contributed by atoms with E-state index in [1.165, 1.54) is 42.5 Å². The minimum Gasteiger partial charge on any atom is -0.390 e. The number of piperidine rings is 1. The number of halogens is 1. The molecule has 1 aliphatic heterocycles. The van der Waals surface area contributed by atoms with Crippen LogP contribution in [0.2, 0.25) is 0 Å². The Balaban J connectivity index is 1.66. The summed E-state index contributed by atoms with van der Waals surface area (Å²) in [7, 11) is -3.37. The maximum Gasteiger partial charge on any atom is 0.321 e. The number of aliphatic hydroxyl groups excluding tert-OH is 1. The summed E-state index contributed by atoms with van der Waals surface area (Å²) in [5.41, 5.74) is 0.0596. The molecule has 9 heteroatoms. The first-order valence-corrected chi connectivity index (χ1v) is 13.9. The molecular weight excluding hydrogens is 471 g/mol. The lowest BCUT2D eigenvalue weighted by atomic mass is 9.81. The summed E-state index contributed by atoms with van der Waals surface area (Å²) in [4.78, 5) is 14.5. The first-order chi connectivity index (χ1) is 16.4. The average molecular weight is 507 g/mol. The van der Waals surface area contributed by atoms with Crippen molar-refractivity contribution < 1.29 is 27.8 Å². The second-order valence-electron chi connectivity index (χ2n) is 9.55. The number of anilines is 1. The number of likely N-dealkylation sites (tertiary alicyclic amines) is 1. The van der Waals surface area contributed by atoms with Crippen molar-refractivity contribution >= 4 is 21.6 Å². The van der Waals surface area contributed by atoms with Gasteiger partial charge in [-0.2, -0.15) is 0 Å². The third kappa shape index (κ3) is 7.02. The van der Waals surface area contributed by atoms with Crippen LogP contribution < -0.4 is 5.32 Å². The predicted octanol–water partition coefficient (Wildman–Crippen LogP) is 4.50. The quantitative estimate of drug-likeness (QED) is 0.489. The lowest BCUT2D eigenvalue weighted by molar-refractivity contribution is -0.0309. The van der Waals surface area contributed by atoms with Gasteiger partial charge in [0.2, 0.25) is 0 Å². The first-order valence-electron chi connectivity index (χ1n) is 12.0. The van der Waals surface area contributed by atoms with Crippen LogP contribution in [0.1, 0.15) is 63.2 Å². The highest BCUT2D eigenvalue weighted by Crippen LogP contribution is 2.32. The van der Waals surface area contributed by atoms with Gasteiger partial charge in [-0.3, -0.25) is 0 Å². The van der Waals surface area contributed by atoms with Crippen LogP contribution in [0.5, 0.6) is 0 Å². The Bertz CT molecular complexity index is 1120. The van der Waals surface area contributed by atoms with E-state index in [2.05, 4.69) is 19.2 Å². The van der Waals surface area contributed by atoms with Gasteiger partial charge in [0.05, 0.1) is 10.5 Å². The molecule has 1 aliphatic rings. The van der Waals surface area contributed by atoms with Crippen molar-refractivity contribution in [2.24, 2.45) is 5.92 Å². The van der Waals surface area contributed by atoms with Crippen molar-refractivity contribution in [3.63, 3.8) is 0 Å². The highest BCUT2D eigenvalue weighted by atomic mass is 32.2. The Labute approximate surface area is 206 Å². The summed E-state index contributed by atoms with van der Waals surface area (Å²) in [6.07, 6.45) is 3.63. The van der Waals surface area contributed by atoms with Crippen molar-refractivity contribution in [2.45, 2.75) is 62.6 Å². The van der Waals surface area contributed by atoms with Crippen LogP contribution >= 0.6 is 0 Å². The number of hydrogen-bond acceptors (Lipinski definition) is 5. The monoisotopic (exact) mass is 506 g/mol. The van der Waals surface area contributed by atoms with Crippen LogP contribution in [0.25, 0.3) is 0 Å². The van der Waals surface area contributed by atoms with Crippen LogP contribution in [0.4, 0.5) is 14.9 Å². The van der Waals surface area contributed by atoms with Crippen LogP contribution in [0.3, 0.4) is 0 Å². The van der Waals surface area contributed by atoms with Gasteiger partial charge in [0.25, 0.3) is 0 Å². The van der Waals surface area contributed by atoms with Gasteiger partial charge < -0.3 is 20.4 Å². The molecule has 192 valence electrons. The molecule has 1 heterocycles. The zero-order chi connectivity index (χ0) is 25.8. The zero-order valence-electron chi connectivity index (χ0n) is 20.5. The Morgan fingerprint density at radius 1 is 1.09 bits per heavy atom. The molecule has 1 unspecified atom stereocenters. The molecule has 2 amide bonds. The molecule has 2 aromatic rings. The molecule has 3 rings (SSSR count). The minimum atomic E-state index is -3.37. The number of amides is 2. The fourth-order valence-electron chi connectivity index (χ4n) is 4.58. The van der Waals surface area contributed by atoms with E-state index >= 15 is 0 Å². The second kappa shape index (κ2) is 11.1. The number of benzene rings is 2. The van der Waals surface area contributed by atoms with Gasteiger partial charge in [-0.05, 0) is 66.6 Å². The van der Waals surface area contributed by atoms with Crippen molar-refractivity contribution in [3.8, 4) is 0 Å². The van der Waals surface area contributed by atoms with Gasteiger partial charge in [0.15, 0.2) is 9.84 Å². The number of carbonyl (C=O) groups excluding carboxylic acids is 1. The molecule has 0 aliphatic carbocycles. The highest BCUT2D eigenvalue weighted by molar-refractivity contribution is 7.90. The molecule has 1 atom stereocenters. The summed E-state index contributed by atoms with van der Waals surface area (Å²) >= 11 is 0. The molecule has 1 saturated heterocycles. The molecule has 0 aromatic heterocycles. The topological polar surface area (TPSA) is 107 Å². The maximum absolute atomic E-state index is 14.3. The van der Waals surface area contributed by atoms with Gasteiger partial charge in [0, 0.05) is 25.0 Å². The molecule has 0 spiro atoms. The summed E-state index contributed by atoms with van der Waals surface area (Å²) in [5.74, 6) is -0.164. The fraction of sp³-hybridized carbons (Fsp3) is 0.500. The van der Waals surface area contributed by atoms with E-state index in [0.29, 0.717) is 37.4 Å². The van der Waals surface area contributed by atoms with Gasteiger partial charge in [-0.15, -0.1) is 0 Å². The van der Waals surface area contributed by atoms with Gasteiger partial charge in [0.1, 0.15) is 11.9 Å². The molecule has 0 radical (unpaired) electrons. The maximum atomic E-state index is 14.3. The zero-order valence-corrected chi connectivity index (χ0v) is 21.3. The van der Waals surface area contributed by atoms with Gasteiger partial charge in [-0.25, -0.2) is 17.6 Å². The van der Waals surface area contributed by atoms with Crippen molar-refractivity contribution in [1.29, 1.82) is 0 Å². The summed E-state index contributed by atoms with van der Waals surface area (Å²) < 4.78 is 37.6. The lowest BCUT2D eigenvalue weighted by Gasteiger charge is -2.39. The Hall–Kier alpha value is -2.49. The lowest BCUT2D eigenvalue weighted by Crippen LogP contribution is -2.48. The third-order valence-corrected chi connectivity index (χ3v) is 8.04. The molecule has 3 N–H and O–H groups in total. The van der Waals surface area contributed by atoms with E-state index in [-0.39, 0.29) is 16.1 Å². The van der Waals surface area contributed by atoms with Crippen LogP contribution in [0.15, 0.2) is 47.4 Å². The Morgan fingerprint density at radius 2 is 1.69 bits per heavy atom. The van der Waals surface area contributed by atoms with E-state index in [9.17, 15) is 27.8 Å². The summed E-state index contributed by atoms with van der Waals surface area (Å²) in [6, 6.07) is 9.16. The molecule has 1 fully saturated rings. The number of nitrogens with one attached hydrogen (secondary N) is 1. The molecule has 7 nitrogen and oxygen atoms in total. The van der Waals surface area contributed by atoms with Gasteiger partial charge in [-0.1, -0.05) is 38.8 Å². The fourth-order valence-corrected chi connectivity index (χ4v) is 5.21. The standard InChI is InChI=1S/C26H35FN2O5S/c1-4-18(5-2)17-26(32)10-12-29(13-11-26)25(31)28-22-15-20(14-21(27)16-22)24(30)19-6-8-23(9-7-19)35(3,33)34/h6-9,14-16,18,24,30,32H,4-5,10-13,17H2,1-3H3,(H,28,31). The average Bonchev–Trinajstić information content (AvgIpc) is 2.81.